The fourth-order valence-electron chi connectivity index (χ4n) is 2.28. The number of carbonyl (C=O) groups excluding carboxylic acids is 1. The second-order valence-corrected chi connectivity index (χ2v) is 4.30. The van der Waals surface area contributed by atoms with E-state index in [4.69, 9.17) is 10.5 Å². The van der Waals surface area contributed by atoms with Gasteiger partial charge in [-0.3, -0.25) is 4.79 Å². The van der Waals surface area contributed by atoms with Crippen LogP contribution in [0.15, 0.2) is 36.4 Å². The zero-order chi connectivity index (χ0) is 13.1. The van der Waals surface area contributed by atoms with E-state index >= 15 is 0 Å². The first-order valence-corrected chi connectivity index (χ1v) is 6.03. The Kier molecular flexibility index (Phi) is 3.51. The van der Waals surface area contributed by atoms with Crippen LogP contribution in [0.3, 0.4) is 0 Å². The molecular weight excluding hydrogens is 226 g/mol. The molecule has 3 nitrogen and oxygen atoms in total. The molecule has 2 N–H and O–H groups in total. The molecular formula is C15H17NO2. The van der Waals surface area contributed by atoms with Gasteiger partial charge in [-0.1, -0.05) is 31.2 Å². The lowest BCUT2D eigenvalue weighted by atomic mass is 9.91. The zero-order valence-electron chi connectivity index (χ0n) is 10.6. The van der Waals surface area contributed by atoms with Gasteiger partial charge in [0.05, 0.1) is 13.0 Å². The van der Waals surface area contributed by atoms with E-state index in [1.165, 1.54) is 0 Å². The summed E-state index contributed by atoms with van der Waals surface area (Å²) < 4.78 is 5.23. The third-order valence-electron chi connectivity index (χ3n) is 3.25. The number of carbonyl (C=O) groups is 1. The van der Waals surface area contributed by atoms with Gasteiger partial charge < -0.3 is 10.5 Å². The Morgan fingerprint density at radius 2 is 2.11 bits per heavy atom. The molecule has 1 unspecified atom stereocenters. The Morgan fingerprint density at radius 1 is 1.33 bits per heavy atom. The molecule has 2 rings (SSSR count). The Morgan fingerprint density at radius 3 is 2.72 bits per heavy atom. The van der Waals surface area contributed by atoms with Gasteiger partial charge in [-0.15, -0.1) is 0 Å². The Balaban J connectivity index is 2.65. The number of ether oxygens (including phenoxy) is 1. The average molecular weight is 243 g/mol. The van der Waals surface area contributed by atoms with Crippen molar-refractivity contribution in [1.82, 2.24) is 0 Å². The average Bonchev–Trinajstić information content (AvgIpc) is 2.39. The van der Waals surface area contributed by atoms with Crippen LogP contribution in [0.2, 0.25) is 0 Å². The highest BCUT2D eigenvalue weighted by molar-refractivity contribution is 5.93. The molecule has 0 bridgehead atoms. The lowest BCUT2D eigenvalue weighted by molar-refractivity contribution is -0.119. The molecule has 0 heterocycles. The monoisotopic (exact) mass is 243 g/mol. The van der Waals surface area contributed by atoms with Gasteiger partial charge in [-0.05, 0) is 34.9 Å². The van der Waals surface area contributed by atoms with Crippen LogP contribution in [0.5, 0.6) is 5.75 Å². The van der Waals surface area contributed by atoms with E-state index in [0.717, 1.165) is 22.1 Å². The first-order chi connectivity index (χ1) is 8.67. The summed E-state index contributed by atoms with van der Waals surface area (Å²) in [6, 6.07) is 11.8. The van der Waals surface area contributed by atoms with E-state index in [1.807, 2.05) is 43.3 Å². The molecule has 94 valence electrons. The molecule has 0 saturated carbocycles. The molecule has 2 aromatic carbocycles. The molecule has 0 spiro atoms. The third-order valence-corrected chi connectivity index (χ3v) is 3.25. The summed E-state index contributed by atoms with van der Waals surface area (Å²) in [5.41, 5.74) is 6.44. The fourth-order valence-corrected chi connectivity index (χ4v) is 2.28. The highest BCUT2D eigenvalue weighted by Crippen LogP contribution is 2.30. The van der Waals surface area contributed by atoms with Crippen LogP contribution >= 0.6 is 0 Å². The summed E-state index contributed by atoms with van der Waals surface area (Å²) in [5, 5.41) is 2.12. The minimum Gasteiger partial charge on any atom is -0.497 e. The molecule has 0 aliphatic carbocycles. The molecule has 1 amide bonds. The third kappa shape index (κ3) is 2.16. The van der Waals surface area contributed by atoms with Gasteiger partial charge in [0.25, 0.3) is 0 Å². The van der Waals surface area contributed by atoms with Gasteiger partial charge in [0.15, 0.2) is 0 Å². The topological polar surface area (TPSA) is 52.3 Å². The van der Waals surface area contributed by atoms with Crippen LogP contribution in [0.4, 0.5) is 0 Å². The smallest absolute Gasteiger partial charge is 0.224 e. The van der Waals surface area contributed by atoms with Crippen molar-refractivity contribution in [2.45, 2.75) is 19.3 Å². The quantitative estimate of drug-likeness (QED) is 0.897. The molecule has 0 aromatic heterocycles. The zero-order valence-corrected chi connectivity index (χ0v) is 10.6. The van der Waals surface area contributed by atoms with Crippen molar-refractivity contribution < 1.29 is 9.53 Å². The Labute approximate surface area is 107 Å². The highest BCUT2D eigenvalue weighted by atomic mass is 16.5. The predicted molar refractivity (Wildman–Crippen MR) is 72.7 cm³/mol. The summed E-state index contributed by atoms with van der Waals surface area (Å²) in [7, 11) is 1.63. The summed E-state index contributed by atoms with van der Waals surface area (Å²) in [6.45, 7) is 1.97. The number of fused-ring (bicyclic) bond motifs is 1. The number of nitrogens with two attached hydrogens (primary N) is 1. The summed E-state index contributed by atoms with van der Waals surface area (Å²) in [4.78, 5) is 11.5. The van der Waals surface area contributed by atoms with Crippen LogP contribution in [0.25, 0.3) is 10.8 Å². The Bertz CT molecular complexity index is 578. The highest BCUT2D eigenvalue weighted by Gasteiger charge is 2.18. The molecule has 18 heavy (non-hydrogen) atoms. The van der Waals surface area contributed by atoms with Crippen molar-refractivity contribution in [1.29, 1.82) is 0 Å². The number of hydrogen-bond donors (Lipinski definition) is 1. The number of methoxy groups -OCH3 is 1. The van der Waals surface area contributed by atoms with Gasteiger partial charge >= 0.3 is 0 Å². The fraction of sp³-hybridized carbons (Fsp3) is 0.267. The number of hydrogen-bond acceptors (Lipinski definition) is 2. The molecule has 2 aromatic rings. The summed E-state index contributed by atoms with van der Waals surface area (Å²) >= 11 is 0. The molecule has 0 aliphatic rings. The maximum atomic E-state index is 11.5. The normalized spacial score (nSPS) is 12.3. The lowest BCUT2D eigenvalue weighted by Crippen LogP contribution is -2.20. The van der Waals surface area contributed by atoms with Gasteiger partial charge in [-0.2, -0.15) is 0 Å². The second-order valence-electron chi connectivity index (χ2n) is 4.30. The van der Waals surface area contributed by atoms with E-state index in [0.29, 0.717) is 6.42 Å². The van der Waals surface area contributed by atoms with Crippen molar-refractivity contribution in [2.75, 3.05) is 7.11 Å². The van der Waals surface area contributed by atoms with E-state index in [1.54, 1.807) is 7.11 Å². The van der Waals surface area contributed by atoms with Gasteiger partial charge in [0, 0.05) is 0 Å². The maximum Gasteiger partial charge on any atom is 0.224 e. The van der Waals surface area contributed by atoms with E-state index in [-0.39, 0.29) is 11.8 Å². The van der Waals surface area contributed by atoms with Crippen molar-refractivity contribution in [3.8, 4) is 5.75 Å². The van der Waals surface area contributed by atoms with Crippen molar-refractivity contribution in [3.63, 3.8) is 0 Å². The Hall–Kier alpha value is -2.03. The lowest BCUT2D eigenvalue weighted by Gasteiger charge is -2.14. The minimum absolute atomic E-state index is 0.249. The summed E-state index contributed by atoms with van der Waals surface area (Å²) in [5.74, 6) is 0.253. The van der Waals surface area contributed by atoms with Crippen LogP contribution in [-0.2, 0) is 4.79 Å². The van der Waals surface area contributed by atoms with Crippen molar-refractivity contribution >= 4 is 16.7 Å². The van der Waals surface area contributed by atoms with Crippen LogP contribution in [0, 0.1) is 0 Å². The van der Waals surface area contributed by atoms with Gasteiger partial charge in [-0.25, -0.2) is 0 Å². The predicted octanol–water partition coefficient (Wildman–Crippen LogP) is 2.83. The summed E-state index contributed by atoms with van der Waals surface area (Å²) in [6.07, 6.45) is 0.700. The van der Waals surface area contributed by atoms with E-state index in [2.05, 4.69) is 0 Å². The van der Waals surface area contributed by atoms with Gasteiger partial charge in [0.2, 0.25) is 5.91 Å². The molecule has 0 saturated heterocycles. The number of primary amides is 1. The number of benzene rings is 2. The van der Waals surface area contributed by atoms with Crippen molar-refractivity contribution in [3.05, 3.63) is 42.0 Å². The first kappa shape index (κ1) is 12.4. The minimum atomic E-state index is -0.284. The largest absolute Gasteiger partial charge is 0.497 e. The molecule has 0 aliphatic heterocycles. The van der Waals surface area contributed by atoms with Crippen LogP contribution in [-0.4, -0.2) is 13.0 Å². The second kappa shape index (κ2) is 5.08. The number of rotatable bonds is 4. The molecule has 1 atom stereocenters. The standard InChI is InChI=1S/C15H17NO2/c1-3-12(15(16)17)13-6-4-5-10-7-8-11(18-2)9-14(10)13/h4-9,12H,3H2,1-2H3,(H2,16,17). The van der Waals surface area contributed by atoms with Crippen LogP contribution < -0.4 is 10.5 Å². The maximum absolute atomic E-state index is 11.5. The first-order valence-electron chi connectivity index (χ1n) is 6.03. The van der Waals surface area contributed by atoms with E-state index < -0.39 is 0 Å². The van der Waals surface area contributed by atoms with Crippen LogP contribution in [0.1, 0.15) is 24.8 Å². The van der Waals surface area contributed by atoms with E-state index in [9.17, 15) is 4.79 Å². The molecule has 0 fully saturated rings. The van der Waals surface area contributed by atoms with Crippen molar-refractivity contribution in [2.24, 2.45) is 5.73 Å². The van der Waals surface area contributed by atoms with Gasteiger partial charge in [0.1, 0.15) is 5.75 Å². The SMILES string of the molecule is CCC(C(N)=O)c1cccc2ccc(OC)cc12. The molecule has 0 radical (unpaired) electrons. The number of amides is 1. The molecule has 3 heteroatoms.